The third-order valence-corrected chi connectivity index (χ3v) is 7.34. The van der Waals surface area contributed by atoms with Crippen LogP contribution in [-0.2, 0) is 0 Å². The van der Waals surface area contributed by atoms with Gasteiger partial charge in [0, 0.05) is 5.54 Å². The molecule has 0 saturated heterocycles. The van der Waals surface area contributed by atoms with E-state index in [1.54, 1.807) is 0 Å². The van der Waals surface area contributed by atoms with Crippen molar-refractivity contribution in [1.82, 2.24) is 4.90 Å². The van der Waals surface area contributed by atoms with E-state index in [0.717, 1.165) is 5.92 Å². The van der Waals surface area contributed by atoms with Crippen LogP contribution in [-0.4, -0.2) is 23.5 Å². The Morgan fingerprint density at radius 1 is 0.621 bits per heavy atom. The Kier molecular flexibility index (Phi) is 16.6. The molecule has 0 saturated carbocycles. The fourth-order valence-electron chi connectivity index (χ4n) is 4.30. The number of unbranched alkanes of at least 4 members (excludes halogenated alkanes) is 8. The Morgan fingerprint density at radius 3 is 1.55 bits per heavy atom. The topological polar surface area (TPSA) is 3.24 Å². The first kappa shape index (κ1) is 29.0. The van der Waals surface area contributed by atoms with E-state index >= 15 is 0 Å². The first-order valence-corrected chi connectivity index (χ1v) is 13.4. The molecule has 0 aliphatic heterocycles. The highest BCUT2D eigenvalue weighted by Gasteiger charge is 2.29. The minimum atomic E-state index is 0.336. The van der Waals surface area contributed by atoms with Crippen molar-refractivity contribution in [2.45, 2.75) is 157 Å². The largest absolute Gasteiger partial charge is 0.298 e. The fourth-order valence-corrected chi connectivity index (χ4v) is 4.30. The molecular formula is C28H59N. The maximum Gasteiger partial charge on any atom is 0.0153 e. The van der Waals surface area contributed by atoms with Gasteiger partial charge in [-0.2, -0.15) is 0 Å². The molecule has 0 fully saturated rings. The molecule has 0 aliphatic carbocycles. The maximum absolute atomic E-state index is 2.86. The van der Waals surface area contributed by atoms with Crippen LogP contribution in [0, 0.1) is 11.3 Å². The van der Waals surface area contributed by atoms with Crippen LogP contribution in [0.4, 0.5) is 0 Å². The van der Waals surface area contributed by atoms with E-state index in [2.05, 4.69) is 60.3 Å². The van der Waals surface area contributed by atoms with Crippen LogP contribution in [0.5, 0.6) is 0 Å². The molecule has 176 valence electrons. The van der Waals surface area contributed by atoms with Gasteiger partial charge in [-0.25, -0.2) is 0 Å². The van der Waals surface area contributed by atoms with Crippen LogP contribution in [0.2, 0.25) is 0 Å². The molecule has 0 aromatic heterocycles. The van der Waals surface area contributed by atoms with E-state index in [-0.39, 0.29) is 0 Å². The van der Waals surface area contributed by atoms with Gasteiger partial charge < -0.3 is 0 Å². The highest BCUT2D eigenvalue weighted by molar-refractivity contribution is 4.84. The summed E-state index contributed by atoms with van der Waals surface area (Å²) in [4.78, 5) is 2.86. The van der Waals surface area contributed by atoms with Gasteiger partial charge in [0.2, 0.25) is 0 Å². The van der Waals surface area contributed by atoms with E-state index in [4.69, 9.17) is 0 Å². The van der Waals surface area contributed by atoms with E-state index in [1.807, 2.05) is 0 Å². The van der Waals surface area contributed by atoms with Crippen molar-refractivity contribution < 1.29 is 0 Å². The fraction of sp³-hybridized carbons (Fsp3) is 1.00. The minimum Gasteiger partial charge on any atom is -0.298 e. The summed E-state index contributed by atoms with van der Waals surface area (Å²) in [6, 6.07) is 0. The van der Waals surface area contributed by atoms with E-state index in [1.165, 1.54) is 109 Å². The molecule has 0 amide bonds. The molecule has 0 heterocycles. The molecule has 0 aliphatic rings. The lowest BCUT2D eigenvalue weighted by Crippen LogP contribution is -2.45. The molecular weight excluding hydrogens is 350 g/mol. The number of nitrogens with zero attached hydrogens (tertiary/aromatic N) is 1. The van der Waals surface area contributed by atoms with Crippen LogP contribution in [0.15, 0.2) is 0 Å². The summed E-state index contributed by atoms with van der Waals surface area (Å²) in [5.74, 6) is 0.880. The lowest BCUT2D eigenvalue weighted by Gasteiger charge is -2.41. The lowest BCUT2D eigenvalue weighted by molar-refractivity contribution is 0.0884. The number of rotatable bonds is 20. The highest BCUT2D eigenvalue weighted by atomic mass is 15.2. The molecule has 1 heteroatoms. The van der Waals surface area contributed by atoms with E-state index in [0.29, 0.717) is 11.0 Å². The Morgan fingerprint density at radius 2 is 1.10 bits per heavy atom. The molecule has 0 N–H and O–H groups in total. The van der Waals surface area contributed by atoms with E-state index in [9.17, 15) is 0 Å². The van der Waals surface area contributed by atoms with Crippen molar-refractivity contribution in [3.63, 3.8) is 0 Å². The summed E-state index contributed by atoms with van der Waals surface area (Å²) in [5, 5.41) is 0. The number of hydrogen-bond acceptors (Lipinski definition) is 1. The predicted octanol–water partition coefficient (Wildman–Crippen LogP) is 9.64. The zero-order valence-corrected chi connectivity index (χ0v) is 22.0. The third kappa shape index (κ3) is 15.4. The van der Waals surface area contributed by atoms with Gasteiger partial charge in [-0.3, -0.25) is 4.90 Å². The van der Waals surface area contributed by atoms with Crippen molar-refractivity contribution in [2.75, 3.05) is 13.1 Å². The second kappa shape index (κ2) is 16.6. The molecule has 0 bridgehead atoms. The monoisotopic (exact) mass is 409 g/mol. The highest BCUT2D eigenvalue weighted by Crippen LogP contribution is 2.35. The van der Waals surface area contributed by atoms with Gasteiger partial charge in [-0.1, -0.05) is 106 Å². The number of hydrogen-bond donors (Lipinski definition) is 0. The van der Waals surface area contributed by atoms with Crippen molar-refractivity contribution >= 4 is 0 Å². The molecule has 1 nitrogen and oxygen atoms in total. The Balaban J connectivity index is 4.63. The maximum atomic E-state index is 2.86. The van der Waals surface area contributed by atoms with Gasteiger partial charge in [-0.15, -0.1) is 0 Å². The first-order valence-electron chi connectivity index (χ1n) is 13.4. The van der Waals surface area contributed by atoms with Crippen molar-refractivity contribution in [3.8, 4) is 0 Å². The molecule has 1 unspecified atom stereocenters. The summed E-state index contributed by atoms with van der Waals surface area (Å²) >= 11 is 0. The van der Waals surface area contributed by atoms with Crippen LogP contribution >= 0.6 is 0 Å². The molecule has 0 aromatic carbocycles. The summed E-state index contributed by atoms with van der Waals surface area (Å²) < 4.78 is 0. The predicted molar refractivity (Wildman–Crippen MR) is 135 cm³/mol. The molecule has 29 heavy (non-hydrogen) atoms. The Hall–Kier alpha value is -0.0400. The van der Waals surface area contributed by atoms with Gasteiger partial charge in [0.25, 0.3) is 0 Å². The average molecular weight is 410 g/mol. The van der Waals surface area contributed by atoms with Crippen molar-refractivity contribution in [2.24, 2.45) is 11.3 Å². The quantitative estimate of drug-likeness (QED) is 0.181. The molecule has 1 atom stereocenters. The Bertz CT molecular complexity index is 343. The smallest absolute Gasteiger partial charge is 0.0153 e. The second-order valence-electron chi connectivity index (χ2n) is 11.3. The molecule has 0 radical (unpaired) electrons. The summed E-state index contributed by atoms with van der Waals surface area (Å²) in [6.07, 6.45) is 20.7. The van der Waals surface area contributed by atoms with Crippen molar-refractivity contribution in [1.29, 1.82) is 0 Å². The summed E-state index contributed by atoms with van der Waals surface area (Å²) in [6.45, 7) is 22.0. The zero-order valence-electron chi connectivity index (χ0n) is 22.0. The minimum absolute atomic E-state index is 0.336. The van der Waals surface area contributed by atoms with Gasteiger partial charge in [0.05, 0.1) is 0 Å². The zero-order chi connectivity index (χ0) is 22.2. The van der Waals surface area contributed by atoms with Gasteiger partial charge in [-0.05, 0) is 70.4 Å². The van der Waals surface area contributed by atoms with Gasteiger partial charge >= 0.3 is 0 Å². The average Bonchev–Trinajstić information content (AvgIpc) is 2.68. The SMILES string of the molecule is CCCCCCCN(CCCCCCC)C(C)(C)CCC(C)(C)CCC(C)CC. The molecule has 0 rings (SSSR count). The van der Waals surface area contributed by atoms with Gasteiger partial charge in [0.1, 0.15) is 0 Å². The van der Waals surface area contributed by atoms with Crippen LogP contribution in [0.1, 0.15) is 152 Å². The summed E-state index contributed by atoms with van der Waals surface area (Å²) in [7, 11) is 0. The Labute approximate surface area is 186 Å². The lowest BCUT2D eigenvalue weighted by atomic mass is 9.77. The van der Waals surface area contributed by atoms with Crippen LogP contribution < -0.4 is 0 Å². The summed E-state index contributed by atoms with van der Waals surface area (Å²) in [5.41, 5.74) is 0.817. The molecule has 0 spiro atoms. The van der Waals surface area contributed by atoms with E-state index < -0.39 is 0 Å². The van der Waals surface area contributed by atoms with Crippen LogP contribution in [0.3, 0.4) is 0 Å². The normalized spacial score (nSPS) is 14.0. The second-order valence-corrected chi connectivity index (χ2v) is 11.3. The molecule has 0 aromatic rings. The standard InChI is InChI=1S/C28H59N/c1-9-12-14-16-18-24-29(25-19-17-15-13-10-2)28(7,8)23-22-27(5,6)21-20-26(4)11-3/h26H,9-25H2,1-8H3. The van der Waals surface area contributed by atoms with Crippen molar-refractivity contribution in [3.05, 3.63) is 0 Å². The van der Waals surface area contributed by atoms with Gasteiger partial charge in [0.15, 0.2) is 0 Å². The van der Waals surface area contributed by atoms with Crippen LogP contribution in [0.25, 0.3) is 0 Å². The third-order valence-electron chi connectivity index (χ3n) is 7.34. The first-order chi connectivity index (χ1) is 13.7.